The molecule has 5 heteroatoms. The van der Waals surface area contributed by atoms with Gasteiger partial charge in [-0.15, -0.1) is 0 Å². The number of hydrogen-bond acceptors (Lipinski definition) is 5. The van der Waals surface area contributed by atoms with E-state index >= 15 is 0 Å². The highest BCUT2D eigenvalue weighted by Gasteiger charge is 2.17. The molecular formula is C12H21N3OS. The Balaban J connectivity index is 1.77. The van der Waals surface area contributed by atoms with Crippen LogP contribution in [0.2, 0.25) is 0 Å². The van der Waals surface area contributed by atoms with Crippen LogP contribution in [-0.4, -0.2) is 28.5 Å². The Bertz CT molecular complexity index is 336. The van der Waals surface area contributed by atoms with Crippen LogP contribution in [0.4, 0.5) is 0 Å². The summed E-state index contributed by atoms with van der Waals surface area (Å²) in [6.45, 7) is 2.11. The normalized spacial score (nSPS) is 18.7. The average Bonchev–Trinajstić information content (AvgIpc) is 2.97. The van der Waals surface area contributed by atoms with Gasteiger partial charge in [0.05, 0.1) is 5.75 Å². The highest BCUT2D eigenvalue weighted by molar-refractivity contribution is 7.99. The third kappa shape index (κ3) is 4.00. The first-order chi connectivity index (χ1) is 8.28. The van der Waals surface area contributed by atoms with Gasteiger partial charge >= 0.3 is 0 Å². The minimum atomic E-state index is 0.380. The molecule has 1 atom stereocenters. The van der Waals surface area contributed by atoms with Crippen molar-refractivity contribution in [2.45, 2.75) is 56.1 Å². The third-order valence-electron chi connectivity index (χ3n) is 3.23. The molecule has 1 aliphatic rings. The molecule has 0 aromatic carbocycles. The second kappa shape index (κ2) is 6.40. The summed E-state index contributed by atoms with van der Waals surface area (Å²) in [6.07, 6.45) is 6.28. The van der Waals surface area contributed by atoms with Crippen LogP contribution in [0.5, 0.6) is 0 Å². The van der Waals surface area contributed by atoms with Gasteiger partial charge in [-0.3, -0.25) is 0 Å². The molecule has 0 radical (unpaired) electrons. The number of likely N-dealkylation sites (N-methyl/N-ethyl adjacent to an activating group) is 1. The zero-order valence-electron chi connectivity index (χ0n) is 10.6. The van der Waals surface area contributed by atoms with Crippen LogP contribution in [0.1, 0.15) is 44.3 Å². The summed E-state index contributed by atoms with van der Waals surface area (Å²) in [5, 5.41) is 8.01. The number of nitrogens with one attached hydrogen (secondary N) is 1. The van der Waals surface area contributed by atoms with Crippen molar-refractivity contribution in [2.24, 2.45) is 0 Å². The zero-order chi connectivity index (χ0) is 12.1. The van der Waals surface area contributed by atoms with E-state index in [0.29, 0.717) is 6.04 Å². The summed E-state index contributed by atoms with van der Waals surface area (Å²) in [7, 11) is 1.94. The van der Waals surface area contributed by atoms with Gasteiger partial charge in [0.2, 0.25) is 5.89 Å². The van der Waals surface area contributed by atoms with Gasteiger partial charge in [0.15, 0.2) is 5.82 Å². The molecule has 0 aliphatic heterocycles. The fourth-order valence-electron chi connectivity index (χ4n) is 2.04. The van der Waals surface area contributed by atoms with E-state index in [4.69, 9.17) is 4.52 Å². The minimum Gasteiger partial charge on any atom is -0.339 e. The van der Waals surface area contributed by atoms with Crippen LogP contribution in [0.25, 0.3) is 0 Å². The molecule has 4 nitrogen and oxygen atoms in total. The third-order valence-corrected chi connectivity index (χ3v) is 4.60. The first kappa shape index (κ1) is 12.9. The lowest BCUT2D eigenvalue weighted by Crippen LogP contribution is -2.23. The summed E-state index contributed by atoms with van der Waals surface area (Å²) >= 11 is 1.97. The van der Waals surface area contributed by atoms with E-state index in [9.17, 15) is 0 Å². The molecular weight excluding hydrogens is 234 g/mol. The van der Waals surface area contributed by atoms with Crippen molar-refractivity contribution in [3.63, 3.8) is 0 Å². The van der Waals surface area contributed by atoms with E-state index < -0.39 is 0 Å². The molecule has 1 saturated carbocycles. The Hall–Kier alpha value is -0.550. The summed E-state index contributed by atoms with van der Waals surface area (Å²) < 4.78 is 5.24. The van der Waals surface area contributed by atoms with Crippen molar-refractivity contribution in [3.05, 3.63) is 11.7 Å². The zero-order valence-corrected chi connectivity index (χ0v) is 11.4. The Morgan fingerprint density at radius 1 is 1.47 bits per heavy atom. The summed E-state index contributed by atoms with van der Waals surface area (Å²) in [5.41, 5.74) is 0. The maximum absolute atomic E-state index is 5.24. The van der Waals surface area contributed by atoms with E-state index in [1.165, 1.54) is 25.7 Å². The number of hydrogen-bond donors (Lipinski definition) is 1. The molecule has 2 rings (SSSR count). The van der Waals surface area contributed by atoms with E-state index in [-0.39, 0.29) is 0 Å². The van der Waals surface area contributed by atoms with Crippen molar-refractivity contribution < 1.29 is 4.52 Å². The molecule has 0 amide bonds. The highest BCUT2D eigenvalue weighted by atomic mass is 32.2. The summed E-state index contributed by atoms with van der Waals surface area (Å²) in [6, 6.07) is 0.380. The molecule has 1 N–H and O–H groups in total. The maximum Gasteiger partial charge on any atom is 0.228 e. The van der Waals surface area contributed by atoms with E-state index in [2.05, 4.69) is 22.4 Å². The molecule has 1 unspecified atom stereocenters. The summed E-state index contributed by atoms with van der Waals surface area (Å²) in [4.78, 5) is 4.42. The second-order valence-corrected chi connectivity index (χ2v) is 6.00. The topological polar surface area (TPSA) is 51.0 Å². The summed E-state index contributed by atoms with van der Waals surface area (Å²) in [5.74, 6) is 2.48. The van der Waals surface area contributed by atoms with E-state index in [0.717, 1.165) is 29.1 Å². The monoisotopic (exact) mass is 255 g/mol. The Morgan fingerprint density at radius 3 is 2.94 bits per heavy atom. The van der Waals surface area contributed by atoms with Gasteiger partial charge < -0.3 is 9.84 Å². The predicted octanol–water partition coefficient (Wildman–Crippen LogP) is 2.40. The standard InChI is InChI=1S/C12H21N3OS/c1-9(13-2)7-12-14-11(15-16-12)8-17-10-5-3-4-6-10/h9-10,13H,3-8H2,1-2H3. The highest BCUT2D eigenvalue weighted by Crippen LogP contribution is 2.30. The van der Waals surface area contributed by atoms with Crippen molar-refractivity contribution >= 4 is 11.8 Å². The van der Waals surface area contributed by atoms with Crippen molar-refractivity contribution in [2.75, 3.05) is 7.05 Å². The van der Waals surface area contributed by atoms with Crippen LogP contribution >= 0.6 is 11.8 Å². The number of rotatable bonds is 6. The molecule has 0 saturated heterocycles. The Labute approximate surface area is 107 Å². The van der Waals surface area contributed by atoms with Crippen LogP contribution in [0, 0.1) is 0 Å². The lowest BCUT2D eigenvalue weighted by molar-refractivity contribution is 0.362. The maximum atomic E-state index is 5.24. The number of nitrogens with zero attached hydrogens (tertiary/aromatic N) is 2. The second-order valence-electron chi connectivity index (χ2n) is 4.72. The number of aromatic nitrogens is 2. The van der Waals surface area contributed by atoms with Crippen molar-refractivity contribution in [1.29, 1.82) is 0 Å². The molecule has 17 heavy (non-hydrogen) atoms. The minimum absolute atomic E-state index is 0.380. The van der Waals surface area contributed by atoms with Crippen LogP contribution in [0.15, 0.2) is 4.52 Å². The molecule has 1 aromatic heterocycles. The van der Waals surface area contributed by atoms with Gasteiger partial charge in [-0.05, 0) is 26.8 Å². The molecule has 0 bridgehead atoms. The van der Waals surface area contributed by atoms with Crippen molar-refractivity contribution in [3.8, 4) is 0 Å². The number of thioether (sulfide) groups is 1. The first-order valence-corrected chi connectivity index (χ1v) is 7.43. The van der Waals surface area contributed by atoms with Gasteiger partial charge in [-0.25, -0.2) is 0 Å². The van der Waals surface area contributed by atoms with Gasteiger partial charge in [0, 0.05) is 17.7 Å². The van der Waals surface area contributed by atoms with Crippen molar-refractivity contribution in [1.82, 2.24) is 15.5 Å². The molecule has 96 valence electrons. The van der Waals surface area contributed by atoms with Gasteiger partial charge in [0.25, 0.3) is 0 Å². The smallest absolute Gasteiger partial charge is 0.228 e. The van der Waals surface area contributed by atoms with Gasteiger partial charge in [-0.1, -0.05) is 18.0 Å². The Morgan fingerprint density at radius 2 is 2.24 bits per heavy atom. The molecule has 1 fully saturated rings. The fourth-order valence-corrected chi connectivity index (χ4v) is 3.21. The lowest BCUT2D eigenvalue weighted by atomic mass is 10.2. The lowest BCUT2D eigenvalue weighted by Gasteiger charge is -2.05. The SMILES string of the molecule is CNC(C)Cc1nc(CSC2CCCC2)no1. The van der Waals surface area contributed by atoms with Crippen LogP contribution in [-0.2, 0) is 12.2 Å². The van der Waals surface area contributed by atoms with Gasteiger partial charge in [0.1, 0.15) is 0 Å². The molecule has 1 aromatic rings. The molecule has 1 heterocycles. The average molecular weight is 255 g/mol. The van der Waals surface area contributed by atoms with Crippen LogP contribution in [0.3, 0.4) is 0 Å². The Kier molecular flexibility index (Phi) is 4.86. The van der Waals surface area contributed by atoms with Crippen LogP contribution < -0.4 is 5.32 Å². The van der Waals surface area contributed by atoms with E-state index in [1.807, 2.05) is 18.8 Å². The largest absolute Gasteiger partial charge is 0.339 e. The molecule has 1 aliphatic carbocycles. The predicted molar refractivity (Wildman–Crippen MR) is 70.1 cm³/mol. The van der Waals surface area contributed by atoms with E-state index in [1.54, 1.807) is 0 Å². The molecule has 0 spiro atoms. The quantitative estimate of drug-likeness (QED) is 0.846. The fraction of sp³-hybridized carbons (Fsp3) is 0.833. The first-order valence-electron chi connectivity index (χ1n) is 6.38. The van der Waals surface area contributed by atoms with Gasteiger partial charge in [-0.2, -0.15) is 16.7 Å².